The SMILES string of the molecule is CCc1nc2cccc(-c3cncc(F)c3)c2c(=O)n1-c1ccccc1.N#Cc1cnc(N)nc1N. The Bertz CT molecular complexity index is 1640. The molecule has 0 atom stereocenters. The molecule has 0 bridgehead atoms. The summed E-state index contributed by atoms with van der Waals surface area (Å²) >= 11 is 0. The van der Waals surface area contributed by atoms with Crippen LogP contribution in [0.4, 0.5) is 16.2 Å². The van der Waals surface area contributed by atoms with Crippen molar-refractivity contribution in [2.75, 3.05) is 11.5 Å². The molecule has 0 saturated heterocycles. The first-order chi connectivity index (χ1) is 17.4. The number of para-hydroxylation sites is 1. The molecule has 4 N–H and O–H groups in total. The molecule has 0 aliphatic rings. The van der Waals surface area contributed by atoms with E-state index >= 15 is 0 Å². The molecule has 0 saturated carbocycles. The second-order valence-electron chi connectivity index (χ2n) is 7.59. The molecule has 0 aliphatic carbocycles. The summed E-state index contributed by atoms with van der Waals surface area (Å²) in [5.74, 6) is 0.441. The Morgan fingerprint density at radius 2 is 1.81 bits per heavy atom. The Labute approximate surface area is 205 Å². The van der Waals surface area contributed by atoms with Crippen molar-refractivity contribution < 1.29 is 4.39 Å². The van der Waals surface area contributed by atoms with Crippen LogP contribution < -0.4 is 17.0 Å². The van der Waals surface area contributed by atoms with Gasteiger partial charge in [-0.1, -0.05) is 37.3 Å². The molecule has 3 aromatic heterocycles. The van der Waals surface area contributed by atoms with E-state index in [0.717, 1.165) is 11.9 Å². The number of hydrogen-bond donors (Lipinski definition) is 2. The minimum atomic E-state index is -0.443. The summed E-state index contributed by atoms with van der Waals surface area (Å²) in [5, 5.41) is 8.82. The number of benzene rings is 2. The van der Waals surface area contributed by atoms with Gasteiger partial charge in [0.05, 0.1) is 29.0 Å². The Morgan fingerprint density at radius 1 is 1.03 bits per heavy atom. The van der Waals surface area contributed by atoms with E-state index in [0.29, 0.717) is 34.3 Å². The first kappa shape index (κ1) is 24.0. The molecule has 0 unspecified atom stereocenters. The Balaban J connectivity index is 0.000000256. The molecule has 36 heavy (non-hydrogen) atoms. The number of halogens is 1. The third-order valence-electron chi connectivity index (χ3n) is 5.27. The second-order valence-corrected chi connectivity index (χ2v) is 7.59. The van der Waals surface area contributed by atoms with Crippen molar-refractivity contribution >= 4 is 22.7 Å². The normalized spacial score (nSPS) is 10.4. The lowest BCUT2D eigenvalue weighted by Crippen LogP contribution is -2.24. The first-order valence-corrected chi connectivity index (χ1v) is 10.9. The molecule has 0 spiro atoms. The minimum absolute atomic E-state index is 0.0801. The van der Waals surface area contributed by atoms with E-state index in [-0.39, 0.29) is 22.9 Å². The summed E-state index contributed by atoms with van der Waals surface area (Å²) < 4.78 is 15.3. The lowest BCUT2D eigenvalue weighted by atomic mass is 10.0. The van der Waals surface area contributed by atoms with E-state index in [4.69, 9.17) is 16.7 Å². The van der Waals surface area contributed by atoms with Crippen LogP contribution in [0.2, 0.25) is 0 Å². The average molecular weight is 481 g/mol. The average Bonchev–Trinajstić information content (AvgIpc) is 2.89. The van der Waals surface area contributed by atoms with Gasteiger partial charge in [-0.2, -0.15) is 10.2 Å². The van der Waals surface area contributed by atoms with Crippen LogP contribution in [-0.4, -0.2) is 24.5 Å². The monoisotopic (exact) mass is 480 g/mol. The van der Waals surface area contributed by atoms with Crippen molar-refractivity contribution in [1.29, 1.82) is 5.26 Å². The molecule has 9 nitrogen and oxygen atoms in total. The molecule has 10 heteroatoms. The number of fused-ring (bicyclic) bond motifs is 1. The van der Waals surface area contributed by atoms with Gasteiger partial charge in [0.2, 0.25) is 5.95 Å². The molecule has 0 fully saturated rings. The third kappa shape index (κ3) is 4.85. The lowest BCUT2D eigenvalue weighted by molar-refractivity contribution is 0.622. The van der Waals surface area contributed by atoms with E-state index in [1.54, 1.807) is 22.9 Å². The van der Waals surface area contributed by atoms with Crippen molar-refractivity contribution in [3.8, 4) is 22.9 Å². The molecular formula is C26H21FN8O. The van der Waals surface area contributed by atoms with Crippen molar-refractivity contribution in [1.82, 2.24) is 24.5 Å². The predicted octanol–water partition coefficient (Wildman–Crippen LogP) is 3.66. The fourth-order valence-electron chi connectivity index (χ4n) is 3.65. The molecule has 3 heterocycles. The minimum Gasteiger partial charge on any atom is -0.382 e. The van der Waals surface area contributed by atoms with Gasteiger partial charge in [0.15, 0.2) is 0 Å². The maximum absolute atomic E-state index is 13.7. The van der Waals surface area contributed by atoms with Gasteiger partial charge in [-0.15, -0.1) is 0 Å². The first-order valence-electron chi connectivity index (χ1n) is 10.9. The summed E-state index contributed by atoms with van der Waals surface area (Å²) in [4.78, 5) is 29.1. The topological polar surface area (TPSA) is 149 Å². The van der Waals surface area contributed by atoms with Gasteiger partial charge in [0.1, 0.15) is 29.1 Å². The molecule has 178 valence electrons. The van der Waals surface area contributed by atoms with E-state index in [1.807, 2.05) is 49.4 Å². The van der Waals surface area contributed by atoms with Gasteiger partial charge in [0, 0.05) is 18.2 Å². The number of nitrogen functional groups attached to an aromatic ring is 2. The highest BCUT2D eigenvalue weighted by molar-refractivity contribution is 5.94. The summed E-state index contributed by atoms with van der Waals surface area (Å²) in [6.45, 7) is 1.97. The van der Waals surface area contributed by atoms with Crippen LogP contribution in [0.3, 0.4) is 0 Å². The van der Waals surface area contributed by atoms with Crippen molar-refractivity contribution in [3.63, 3.8) is 0 Å². The highest BCUT2D eigenvalue weighted by atomic mass is 19.1. The van der Waals surface area contributed by atoms with Crippen LogP contribution >= 0.6 is 0 Å². The Morgan fingerprint density at radius 3 is 2.47 bits per heavy atom. The maximum atomic E-state index is 13.7. The van der Waals surface area contributed by atoms with Gasteiger partial charge in [-0.25, -0.2) is 14.4 Å². The predicted molar refractivity (Wildman–Crippen MR) is 135 cm³/mol. The molecule has 0 radical (unpaired) electrons. The van der Waals surface area contributed by atoms with Crippen LogP contribution in [0.5, 0.6) is 0 Å². The summed E-state index contributed by atoms with van der Waals surface area (Å²) in [7, 11) is 0. The largest absolute Gasteiger partial charge is 0.382 e. The number of pyridine rings is 1. The van der Waals surface area contributed by atoms with Gasteiger partial charge < -0.3 is 11.5 Å². The zero-order chi connectivity index (χ0) is 25.7. The summed E-state index contributed by atoms with van der Waals surface area (Å²) in [6, 6.07) is 18.0. The van der Waals surface area contributed by atoms with Crippen LogP contribution in [0.15, 0.2) is 78.0 Å². The molecule has 5 rings (SSSR count). The number of rotatable bonds is 3. The molecule has 5 aromatic rings. The molecule has 0 aliphatic heterocycles. The zero-order valence-electron chi connectivity index (χ0n) is 19.3. The van der Waals surface area contributed by atoms with E-state index in [2.05, 4.69) is 19.9 Å². The van der Waals surface area contributed by atoms with Gasteiger partial charge in [-0.3, -0.25) is 14.3 Å². The number of aryl methyl sites for hydroxylation is 1. The number of hydrogen-bond acceptors (Lipinski definition) is 8. The van der Waals surface area contributed by atoms with Gasteiger partial charge >= 0.3 is 0 Å². The zero-order valence-corrected chi connectivity index (χ0v) is 19.3. The second kappa shape index (κ2) is 10.4. The Kier molecular flexibility index (Phi) is 6.92. The van der Waals surface area contributed by atoms with Crippen molar-refractivity contribution in [3.05, 3.63) is 101 Å². The fourth-order valence-corrected chi connectivity index (χ4v) is 3.65. The number of nitrogens with two attached hydrogens (primary N) is 2. The number of nitriles is 1. The van der Waals surface area contributed by atoms with Crippen molar-refractivity contribution in [2.45, 2.75) is 13.3 Å². The highest BCUT2D eigenvalue weighted by Gasteiger charge is 2.15. The standard InChI is InChI=1S/C21H16FN3O.C5H5N5/c1-2-19-24-18-10-6-9-17(14-11-15(22)13-23-12-14)20(18)21(26)25(19)16-7-4-3-5-8-16;6-1-3-2-9-5(8)10-4(3)7/h3-13H,2H2,1H3;2H,(H4,7,8,9,10). The third-order valence-corrected chi connectivity index (χ3v) is 5.27. The van der Waals surface area contributed by atoms with Crippen LogP contribution in [0.1, 0.15) is 18.3 Å². The van der Waals surface area contributed by atoms with E-state index in [1.165, 1.54) is 12.3 Å². The van der Waals surface area contributed by atoms with E-state index < -0.39 is 5.82 Å². The fraction of sp³-hybridized carbons (Fsp3) is 0.0769. The summed E-state index contributed by atoms with van der Waals surface area (Å²) in [6.07, 6.45) is 4.60. The molecule has 2 aromatic carbocycles. The quantitative estimate of drug-likeness (QED) is 0.397. The molecular weight excluding hydrogens is 459 g/mol. The number of anilines is 2. The number of nitrogens with zero attached hydrogens (tertiary/aromatic N) is 6. The van der Waals surface area contributed by atoms with Gasteiger partial charge in [0.25, 0.3) is 5.56 Å². The Hall–Kier alpha value is -5.17. The summed E-state index contributed by atoms with van der Waals surface area (Å²) in [5.41, 5.74) is 13.1. The maximum Gasteiger partial charge on any atom is 0.266 e. The molecule has 0 amide bonds. The lowest BCUT2D eigenvalue weighted by Gasteiger charge is -2.14. The highest BCUT2D eigenvalue weighted by Crippen LogP contribution is 2.26. The van der Waals surface area contributed by atoms with Crippen LogP contribution in [0, 0.1) is 17.1 Å². The van der Waals surface area contributed by atoms with Gasteiger partial charge in [-0.05, 0) is 29.8 Å². The van der Waals surface area contributed by atoms with Crippen molar-refractivity contribution in [2.24, 2.45) is 0 Å². The van der Waals surface area contributed by atoms with E-state index in [9.17, 15) is 9.18 Å². The number of aromatic nitrogens is 5. The van der Waals surface area contributed by atoms with Crippen LogP contribution in [-0.2, 0) is 6.42 Å². The van der Waals surface area contributed by atoms with Crippen LogP contribution in [0.25, 0.3) is 27.7 Å². The smallest absolute Gasteiger partial charge is 0.266 e.